The molecule has 5 nitrogen and oxygen atoms in total. The Morgan fingerprint density at radius 1 is 1.10 bits per heavy atom. The van der Waals surface area contributed by atoms with Crippen LogP contribution in [0.25, 0.3) is 0 Å². The van der Waals surface area contributed by atoms with Gasteiger partial charge in [-0.3, -0.25) is 5.32 Å². The van der Waals surface area contributed by atoms with Crippen LogP contribution in [-0.4, -0.2) is 24.2 Å². The number of pyridine rings is 1. The van der Waals surface area contributed by atoms with Gasteiger partial charge in [-0.2, -0.15) is 0 Å². The molecule has 3 rings (SSSR count). The van der Waals surface area contributed by atoms with Gasteiger partial charge in [0.2, 0.25) is 0 Å². The Hall–Kier alpha value is -2.56. The Morgan fingerprint density at radius 3 is 2.62 bits per heavy atom. The van der Waals surface area contributed by atoms with Gasteiger partial charge in [-0.15, -0.1) is 0 Å². The van der Waals surface area contributed by atoms with Gasteiger partial charge in [-0.25, -0.2) is 9.78 Å². The van der Waals surface area contributed by atoms with E-state index in [0.29, 0.717) is 11.4 Å². The Balaban J connectivity index is 1.71. The molecule has 2 heterocycles. The molecular formula is C16H17N3O2. The van der Waals surface area contributed by atoms with E-state index in [0.717, 1.165) is 31.7 Å². The number of nitrogens with one attached hydrogen (secondary N) is 1. The van der Waals surface area contributed by atoms with E-state index in [4.69, 9.17) is 4.74 Å². The van der Waals surface area contributed by atoms with Crippen molar-refractivity contribution in [2.24, 2.45) is 0 Å². The van der Waals surface area contributed by atoms with Crippen LogP contribution in [0, 0.1) is 0 Å². The number of carbonyl (C=O) groups excluding carboxylic acids is 1. The Labute approximate surface area is 123 Å². The fourth-order valence-electron chi connectivity index (χ4n) is 2.41. The van der Waals surface area contributed by atoms with E-state index in [2.05, 4.69) is 15.2 Å². The molecule has 2 aromatic rings. The number of para-hydroxylation sites is 1. The maximum Gasteiger partial charge on any atom is 0.417 e. The van der Waals surface area contributed by atoms with Gasteiger partial charge >= 0.3 is 6.09 Å². The van der Waals surface area contributed by atoms with Crippen LogP contribution < -0.4 is 15.0 Å². The largest absolute Gasteiger partial charge is 0.417 e. The Morgan fingerprint density at radius 2 is 1.86 bits per heavy atom. The minimum atomic E-state index is -0.505. The number of rotatable bonds is 3. The SMILES string of the molecule is O=C(Nc1cccnc1N1CCCC1)Oc1ccccc1. The lowest BCUT2D eigenvalue weighted by Crippen LogP contribution is -2.23. The lowest BCUT2D eigenvalue weighted by molar-refractivity contribution is 0.215. The first-order chi connectivity index (χ1) is 10.3. The van der Waals surface area contributed by atoms with Gasteiger partial charge in [-0.05, 0) is 37.1 Å². The molecule has 0 saturated carbocycles. The minimum absolute atomic E-state index is 0.505. The smallest absolute Gasteiger partial charge is 0.410 e. The van der Waals surface area contributed by atoms with Crippen molar-refractivity contribution in [3.63, 3.8) is 0 Å². The molecule has 21 heavy (non-hydrogen) atoms. The average molecular weight is 283 g/mol. The molecule has 1 aliphatic heterocycles. The summed E-state index contributed by atoms with van der Waals surface area (Å²) in [6.07, 6.45) is 3.55. The Kier molecular flexibility index (Phi) is 4.00. The van der Waals surface area contributed by atoms with Crippen molar-refractivity contribution in [2.75, 3.05) is 23.3 Å². The quantitative estimate of drug-likeness (QED) is 0.939. The standard InChI is InChI=1S/C16H17N3O2/c20-16(21-13-7-2-1-3-8-13)18-14-9-6-10-17-15(14)19-11-4-5-12-19/h1-3,6-10H,4-5,11-12H2,(H,18,20). The topological polar surface area (TPSA) is 54.5 Å². The monoisotopic (exact) mass is 283 g/mol. The molecule has 0 aliphatic carbocycles. The molecule has 1 aromatic heterocycles. The van der Waals surface area contributed by atoms with Crippen LogP contribution in [0.2, 0.25) is 0 Å². The van der Waals surface area contributed by atoms with Gasteiger partial charge in [-0.1, -0.05) is 18.2 Å². The highest BCUT2D eigenvalue weighted by atomic mass is 16.6. The molecule has 0 unspecified atom stereocenters. The second kappa shape index (κ2) is 6.26. The van der Waals surface area contributed by atoms with Crippen LogP contribution in [0.15, 0.2) is 48.7 Å². The first-order valence-corrected chi connectivity index (χ1v) is 7.07. The molecule has 0 spiro atoms. The summed E-state index contributed by atoms with van der Waals surface area (Å²) in [4.78, 5) is 18.5. The van der Waals surface area contributed by atoms with Crippen LogP contribution in [0.5, 0.6) is 5.75 Å². The third kappa shape index (κ3) is 3.31. The molecule has 0 atom stereocenters. The van der Waals surface area contributed by atoms with E-state index in [1.807, 2.05) is 24.3 Å². The summed E-state index contributed by atoms with van der Waals surface area (Å²) >= 11 is 0. The number of hydrogen-bond acceptors (Lipinski definition) is 4. The van der Waals surface area contributed by atoms with Crippen molar-refractivity contribution in [2.45, 2.75) is 12.8 Å². The van der Waals surface area contributed by atoms with E-state index < -0.39 is 6.09 Å². The maximum atomic E-state index is 12.0. The summed E-state index contributed by atoms with van der Waals surface area (Å²) in [6.45, 7) is 1.94. The molecule has 1 saturated heterocycles. The molecule has 0 bridgehead atoms. The van der Waals surface area contributed by atoms with Crippen LogP contribution in [-0.2, 0) is 0 Å². The minimum Gasteiger partial charge on any atom is -0.410 e. The number of nitrogens with zero attached hydrogens (tertiary/aromatic N) is 2. The third-order valence-electron chi connectivity index (χ3n) is 3.38. The van der Waals surface area contributed by atoms with Gasteiger partial charge in [0.1, 0.15) is 5.75 Å². The zero-order valence-electron chi connectivity index (χ0n) is 11.7. The predicted octanol–water partition coefficient (Wildman–Crippen LogP) is 3.29. The second-order valence-electron chi connectivity index (χ2n) is 4.90. The maximum absolute atomic E-state index is 12.0. The van der Waals surface area contributed by atoms with Crippen molar-refractivity contribution in [1.82, 2.24) is 4.98 Å². The van der Waals surface area contributed by atoms with Gasteiger partial charge in [0.15, 0.2) is 5.82 Å². The van der Waals surface area contributed by atoms with Crippen LogP contribution in [0.1, 0.15) is 12.8 Å². The van der Waals surface area contributed by atoms with Crippen molar-refractivity contribution < 1.29 is 9.53 Å². The van der Waals surface area contributed by atoms with Crippen molar-refractivity contribution in [3.8, 4) is 5.75 Å². The molecule has 108 valence electrons. The molecule has 1 fully saturated rings. The fourth-order valence-corrected chi connectivity index (χ4v) is 2.41. The number of ether oxygens (including phenoxy) is 1. The summed E-state index contributed by atoms with van der Waals surface area (Å²) in [7, 11) is 0. The lowest BCUT2D eigenvalue weighted by Gasteiger charge is -2.19. The molecule has 5 heteroatoms. The van der Waals surface area contributed by atoms with E-state index >= 15 is 0 Å². The van der Waals surface area contributed by atoms with Crippen molar-refractivity contribution >= 4 is 17.6 Å². The van der Waals surface area contributed by atoms with Crippen LogP contribution >= 0.6 is 0 Å². The molecule has 1 aliphatic rings. The average Bonchev–Trinajstić information content (AvgIpc) is 3.03. The van der Waals surface area contributed by atoms with E-state index in [1.165, 1.54) is 0 Å². The fraction of sp³-hybridized carbons (Fsp3) is 0.250. The summed E-state index contributed by atoms with van der Waals surface area (Å²) in [6, 6.07) is 12.6. The highest BCUT2D eigenvalue weighted by Gasteiger charge is 2.18. The van der Waals surface area contributed by atoms with Crippen LogP contribution in [0.4, 0.5) is 16.3 Å². The number of carbonyl (C=O) groups is 1. The first-order valence-electron chi connectivity index (χ1n) is 7.07. The van der Waals surface area contributed by atoms with Crippen molar-refractivity contribution in [1.29, 1.82) is 0 Å². The first kappa shape index (κ1) is 13.4. The third-order valence-corrected chi connectivity index (χ3v) is 3.38. The number of amides is 1. The number of hydrogen-bond donors (Lipinski definition) is 1. The zero-order chi connectivity index (χ0) is 14.5. The highest BCUT2D eigenvalue weighted by Crippen LogP contribution is 2.26. The Bertz CT molecular complexity index is 610. The number of aromatic nitrogens is 1. The lowest BCUT2D eigenvalue weighted by atomic mass is 10.3. The molecule has 1 N–H and O–H groups in total. The zero-order valence-corrected chi connectivity index (χ0v) is 11.7. The van der Waals surface area contributed by atoms with E-state index in [1.54, 1.807) is 24.4 Å². The van der Waals surface area contributed by atoms with Gasteiger partial charge < -0.3 is 9.64 Å². The highest BCUT2D eigenvalue weighted by molar-refractivity contribution is 5.89. The molecule has 0 radical (unpaired) electrons. The van der Waals surface area contributed by atoms with Gasteiger partial charge in [0.25, 0.3) is 0 Å². The molecular weight excluding hydrogens is 266 g/mol. The predicted molar refractivity (Wildman–Crippen MR) is 81.8 cm³/mol. The summed E-state index contributed by atoms with van der Waals surface area (Å²) in [5.74, 6) is 1.32. The number of anilines is 2. The van der Waals surface area contributed by atoms with Crippen molar-refractivity contribution in [3.05, 3.63) is 48.7 Å². The summed E-state index contributed by atoms with van der Waals surface area (Å²) < 4.78 is 5.24. The van der Waals surface area contributed by atoms with E-state index in [-0.39, 0.29) is 0 Å². The van der Waals surface area contributed by atoms with Gasteiger partial charge in [0.05, 0.1) is 5.69 Å². The van der Waals surface area contributed by atoms with E-state index in [9.17, 15) is 4.79 Å². The van der Waals surface area contributed by atoms with Gasteiger partial charge in [0, 0.05) is 19.3 Å². The van der Waals surface area contributed by atoms with Crippen LogP contribution in [0.3, 0.4) is 0 Å². The molecule has 1 amide bonds. The molecule has 1 aromatic carbocycles. The summed E-state index contributed by atoms with van der Waals surface area (Å²) in [5.41, 5.74) is 0.681. The summed E-state index contributed by atoms with van der Waals surface area (Å²) in [5, 5.41) is 2.77. The number of benzene rings is 1. The second-order valence-corrected chi connectivity index (χ2v) is 4.90. The normalized spacial score (nSPS) is 14.0.